The van der Waals surface area contributed by atoms with Gasteiger partial charge in [0.2, 0.25) is 0 Å². The SMILES string of the molecule is Cc1cc(OCCN(C)C)c(Cl)cc1I. The van der Waals surface area contributed by atoms with Gasteiger partial charge in [-0.25, -0.2) is 0 Å². The third-order valence-corrected chi connectivity index (χ3v) is 3.47. The molecule has 1 aromatic rings. The number of likely N-dealkylation sites (N-methyl/N-ethyl adjacent to an activating group) is 1. The predicted molar refractivity (Wildman–Crippen MR) is 73.0 cm³/mol. The molecule has 0 amide bonds. The Balaban J connectivity index is 2.65. The van der Waals surface area contributed by atoms with Gasteiger partial charge < -0.3 is 9.64 Å². The van der Waals surface area contributed by atoms with E-state index in [-0.39, 0.29) is 0 Å². The van der Waals surface area contributed by atoms with E-state index in [4.69, 9.17) is 16.3 Å². The predicted octanol–water partition coefficient (Wildman–Crippen LogP) is 3.19. The molecule has 0 aliphatic heterocycles. The second kappa shape index (κ2) is 5.92. The second-order valence-electron chi connectivity index (χ2n) is 3.68. The second-order valence-corrected chi connectivity index (χ2v) is 5.25. The van der Waals surface area contributed by atoms with Crippen LogP contribution < -0.4 is 4.74 Å². The van der Waals surface area contributed by atoms with Gasteiger partial charge in [0.15, 0.2) is 0 Å². The molecule has 0 aliphatic carbocycles. The number of halogens is 2. The van der Waals surface area contributed by atoms with Crippen LogP contribution in [0.1, 0.15) is 5.56 Å². The van der Waals surface area contributed by atoms with E-state index >= 15 is 0 Å². The van der Waals surface area contributed by atoms with Crippen LogP contribution >= 0.6 is 34.2 Å². The first-order valence-electron chi connectivity index (χ1n) is 4.74. The highest BCUT2D eigenvalue weighted by Crippen LogP contribution is 2.28. The third kappa shape index (κ3) is 4.17. The van der Waals surface area contributed by atoms with Gasteiger partial charge in [0.05, 0.1) is 5.02 Å². The molecule has 0 aliphatic rings. The van der Waals surface area contributed by atoms with Crippen molar-refractivity contribution in [3.63, 3.8) is 0 Å². The summed E-state index contributed by atoms with van der Waals surface area (Å²) in [6.45, 7) is 3.60. The molecule has 0 saturated carbocycles. The van der Waals surface area contributed by atoms with Crippen molar-refractivity contribution in [1.82, 2.24) is 4.90 Å². The van der Waals surface area contributed by atoms with E-state index in [1.54, 1.807) is 0 Å². The highest BCUT2D eigenvalue weighted by atomic mass is 127. The Labute approximate surface area is 110 Å². The molecule has 0 spiro atoms. The molecule has 0 aromatic heterocycles. The molecule has 0 radical (unpaired) electrons. The maximum Gasteiger partial charge on any atom is 0.138 e. The summed E-state index contributed by atoms with van der Waals surface area (Å²) < 4.78 is 6.77. The molecule has 0 fully saturated rings. The van der Waals surface area contributed by atoms with Gasteiger partial charge >= 0.3 is 0 Å². The molecular formula is C11H15ClINO. The van der Waals surface area contributed by atoms with Crippen LogP contribution in [0.3, 0.4) is 0 Å². The maximum atomic E-state index is 6.07. The summed E-state index contributed by atoms with van der Waals surface area (Å²) in [4.78, 5) is 2.08. The van der Waals surface area contributed by atoms with Crippen molar-refractivity contribution in [2.75, 3.05) is 27.2 Å². The first kappa shape index (κ1) is 13.1. The number of aryl methyl sites for hydroxylation is 1. The molecule has 0 heterocycles. The highest BCUT2D eigenvalue weighted by Gasteiger charge is 2.05. The number of hydrogen-bond acceptors (Lipinski definition) is 2. The average Bonchev–Trinajstić information content (AvgIpc) is 2.13. The first-order chi connectivity index (χ1) is 7.00. The Kier molecular flexibility index (Phi) is 5.15. The molecule has 0 unspecified atom stereocenters. The number of hydrogen-bond donors (Lipinski definition) is 0. The van der Waals surface area contributed by atoms with Gasteiger partial charge in [-0.05, 0) is 61.3 Å². The zero-order valence-electron chi connectivity index (χ0n) is 9.18. The molecule has 1 rings (SSSR count). The fourth-order valence-corrected chi connectivity index (χ4v) is 1.95. The maximum absolute atomic E-state index is 6.07. The van der Waals surface area contributed by atoms with Crippen molar-refractivity contribution in [2.45, 2.75) is 6.92 Å². The van der Waals surface area contributed by atoms with E-state index in [0.29, 0.717) is 11.6 Å². The van der Waals surface area contributed by atoms with E-state index < -0.39 is 0 Å². The molecule has 0 N–H and O–H groups in total. The third-order valence-electron chi connectivity index (χ3n) is 2.01. The van der Waals surface area contributed by atoms with Crippen molar-refractivity contribution in [2.24, 2.45) is 0 Å². The van der Waals surface area contributed by atoms with Gasteiger partial charge in [-0.2, -0.15) is 0 Å². The number of benzene rings is 1. The van der Waals surface area contributed by atoms with Crippen LogP contribution in [0.2, 0.25) is 5.02 Å². The average molecular weight is 340 g/mol. The molecular weight excluding hydrogens is 324 g/mol. The normalized spacial score (nSPS) is 10.8. The number of nitrogens with zero attached hydrogens (tertiary/aromatic N) is 1. The van der Waals surface area contributed by atoms with Gasteiger partial charge in [0.25, 0.3) is 0 Å². The first-order valence-corrected chi connectivity index (χ1v) is 6.19. The van der Waals surface area contributed by atoms with Crippen LogP contribution in [-0.4, -0.2) is 32.1 Å². The summed E-state index contributed by atoms with van der Waals surface area (Å²) in [6.07, 6.45) is 0. The standard InChI is InChI=1S/C11H15ClINO/c1-8-6-11(9(12)7-10(8)13)15-5-4-14(2)3/h6-7H,4-5H2,1-3H3. The van der Waals surface area contributed by atoms with E-state index in [1.807, 2.05) is 26.2 Å². The Hall–Kier alpha value is -0.000000000000000111. The van der Waals surface area contributed by atoms with Gasteiger partial charge in [0, 0.05) is 10.1 Å². The van der Waals surface area contributed by atoms with Gasteiger partial charge in [-0.3, -0.25) is 0 Å². The fourth-order valence-electron chi connectivity index (χ4n) is 1.08. The quantitative estimate of drug-likeness (QED) is 0.781. The fraction of sp³-hybridized carbons (Fsp3) is 0.455. The van der Waals surface area contributed by atoms with Crippen LogP contribution in [0.25, 0.3) is 0 Å². The molecule has 2 nitrogen and oxygen atoms in total. The van der Waals surface area contributed by atoms with Gasteiger partial charge in [-0.1, -0.05) is 11.6 Å². The van der Waals surface area contributed by atoms with Crippen LogP contribution in [0, 0.1) is 10.5 Å². The number of rotatable bonds is 4. The Bertz CT molecular complexity index is 342. The van der Waals surface area contributed by atoms with Crippen molar-refractivity contribution >= 4 is 34.2 Å². The van der Waals surface area contributed by atoms with Crippen LogP contribution in [0.5, 0.6) is 5.75 Å². The minimum absolute atomic E-state index is 0.659. The molecule has 1 aromatic carbocycles. The van der Waals surface area contributed by atoms with E-state index in [0.717, 1.165) is 15.9 Å². The summed E-state index contributed by atoms with van der Waals surface area (Å²) in [5.74, 6) is 0.774. The van der Waals surface area contributed by atoms with Gasteiger partial charge in [-0.15, -0.1) is 0 Å². The Morgan fingerprint density at radius 2 is 2.07 bits per heavy atom. The summed E-state index contributed by atoms with van der Waals surface area (Å²) in [5, 5.41) is 0.684. The Morgan fingerprint density at radius 1 is 1.40 bits per heavy atom. The monoisotopic (exact) mass is 339 g/mol. The molecule has 84 valence electrons. The van der Waals surface area contributed by atoms with Crippen molar-refractivity contribution < 1.29 is 4.74 Å². The van der Waals surface area contributed by atoms with Crippen molar-refractivity contribution in [1.29, 1.82) is 0 Å². The highest BCUT2D eigenvalue weighted by molar-refractivity contribution is 14.1. The summed E-state index contributed by atoms with van der Waals surface area (Å²) in [7, 11) is 4.04. The summed E-state index contributed by atoms with van der Waals surface area (Å²) in [6, 6.07) is 3.92. The summed E-state index contributed by atoms with van der Waals surface area (Å²) >= 11 is 8.34. The van der Waals surface area contributed by atoms with Crippen LogP contribution in [0.15, 0.2) is 12.1 Å². The van der Waals surface area contributed by atoms with E-state index in [1.165, 1.54) is 5.56 Å². The smallest absolute Gasteiger partial charge is 0.138 e. The minimum Gasteiger partial charge on any atom is -0.491 e. The lowest BCUT2D eigenvalue weighted by Crippen LogP contribution is -2.19. The molecule has 4 heteroatoms. The molecule has 15 heavy (non-hydrogen) atoms. The lowest BCUT2D eigenvalue weighted by molar-refractivity contribution is 0.261. The zero-order chi connectivity index (χ0) is 11.4. The van der Waals surface area contributed by atoms with Crippen LogP contribution in [-0.2, 0) is 0 Å². The van der Waals surface area contributed by atoms with Crippen molar-refractivity contribution in [3.05, 3.63) is 26.3 Å². The lowest BCUT2D eigenvalue weighted by atomic mass is 10.2. The summed E-state index contributed by atoms with van der Waals surface area (Å²) in [5.41, 5.74) is 1.19. The molecule has 0 atom stereocenters. The minimum atomic E-state index is 0.659. The lowest BCUT2D eigenvalue weighted by Gasteiger charge is -2.13. The van der Waals surface area contributed by atoms with E-state index in [9.17, 15) is 0 Å². The molecule has 0 saturated heterocycles. The van der Waals surface area contributed by atoms with Crippen LogP contribution in [0.4, 0.5) is 0 Å². The van der Waals surface area contributed by atoms with Crippen molar-refractivity contribution in [3.8, 4) is 5.75 Å². The zero-order valence-corrected chi connectivity index (χ0v) is 12.1. The largest absolute Gasteiger partial charge is 0.491 e. The topological polar surface area (TPSA) is 12.5 Å². The van der Waals surface area contributed by atoms with Gasteiger partial charge in [0.1, 0.15) is 12.4 Å². The van der Waals surface area contributed by atoms with E-state index in [2.05, 4.69) is 34.4 Å². The molecule has 0 bridgehead atoms. The number of ether oxygens (including phenoxy) is 1. The Morgan fingerprint density at radius 3 is 2.67 bits per heavy atom.